The van der Waals surface area contributed by atoms with E-state index in [-0.39, 0.29) is 29.9 Å². The van der Waals surface area contributed by atoms with Crippen molar-refractivity contribution in [2.75, 3.05) is 18.4 Å². The second kappa shape index (κ2) is 13.2. The summed E-state index contributed by atoms with van der Waals surface area (Å²) in [6.45, 7) is 7.09. The monoisotopic (exact) mass is 483 g/mol. The fraction of sp³-hybridized carbons (Fsp3) is 0.400. The zero-order chi connectivity index (χ0) is 18.6. The second-order valence-electron chi connectivity index (χ2n) is 6.04. The van der Waals surface area contributed by atoms with Crippen molar-refractivity contribution in [3.05, 3.63) is 54.4 Å². The van der Waals surface area contributed by atoms with Crippen LogP contribution < -0.4 is 16.0 Å². The highest BCUT2D eigenvalue weighted by Crippen LogP contribution is 2.12. The van der Waals surface area contributed by atoms with Crippen LogP contribution in [0.2, 0.25) is 0 Å². The smallest absolute Gasteiger partial charge is 0.224 e. The summed E-state index contributed by atoms with van der Waals surface area (Å²) >= 11 is 0. The molecule has 0 atom stereocenters. The lowest BCUT2D eigenvalue weighted by atomic mass is 10.2. The number of anilines is 1. The summed E-state index contributed by atoms with van der Waals surface area (Å²) in [7, 11) is 0. The van der Waals surface area contributed by atoms with Crippen LogP contribution in [0.1, 0.15) is 32.3 Å². The molecule has 148 valence electrons. The quantitative estimate of drug-likeness (QED) is 0.290. The molecular formula is C20H30IN5O. The molecule has 0 bridgehead atoms. The van der Waals surface area contributed by atoms with Crippen molar-refractivity contribution in [3.8, 4) is 0 Å². The average molecular weight is 483 g/mol. The van der Waals surface area contributed by atoms with Gasteiger partial charge in [0.15, 0.2) is 5.96 Å². The van der Waals surface area contributed by atoms with Gasteiger partial charge in [0.05, 0.1) is 6.54 Å². The summed E-state index contributed by atoms with van der Waals surface area (Å²) in [5, 5.41) is 9.52. The topological polar surface area (TPSA) is 70.4 Å². The third-order valence-electron chi connectivity index (χ3n) is 3.78. The Hall–Kier alpha value is -2.03. The Morgan fingerprint density at radius 2 is 1.89 bits per heavy atom. The van der Waals surface area contributed by atoms with Crippen LogP contribution in [-0.2, 0) is 17.9 Å². The van der Waals surface area contributed by atoms with Crippen molar-refractivity contribution in [2.24, 2.45) is 4.99 Å². The Morgan fingerprint density at radius 1 is 1.11 bits per heavy atom. The molecule has 3 N–H and O–H groups in total. The zero-order valence-corrected chi connectivity index (χ0v) is 18.4. The van der Waals surface area contributed by atoms with Gasteiger partial charge in [-0.05, 0) is 43.2 Å². The van der Waals surface area contributed by atoms with E-state index in [2.05, 4.69) is 25.5 Å². The van der Waals surface area contributed by atoms with Crippen LogP contribution in [0.25, 0.3) is 0 Å². The number of nitrogens with one attached hydrogen (secondary N) is 3. The van der Waals surface area contributed by atoms with Crippen LogP contribution in [0.5, 0.6) is 0 Å². The van der Waals surface area contributed by atoms with Crippen molar-refractivity contribution < 1.29 is 4.79 Å². The molecule has 0 unspecified atom stereocenters. The maximum Gasteiger partial charge on any atom is 0.224 e. The lowest BCUT2D eigenvalue weighted by Gasteiger charge is -2.12. The number of nitrogens with zero attached hydrogens (tertiary/aromatic N) is 2. The van der Waals surface area contributed by atoms with Crippen molar-refractivity contribution in [1.29, 1.82) is 0 Å². The molecule has 7 heteroatoms. The van der Waals surface area contributed by atoms with Crippen molar-refractivity contribution in [3.63, 3.8) is 0 Å². The van der Waals surface area contributed by atoms with Gasteiger partial charge in [-0.15, -0.1) is 24.0 Å². The van der Waals surface area contributed by atoms with Crippen molar-refractivity contribution in [1.82, 2.24) is 15.2 Å². The Morgan fingerprint density at radius 3 is 2.59 bits per heavy atom. The third kappa shape index (κ3) is 8.94. The highest BCUT2D eigenvalue weighted by Gasteiger charge is 2.02. The third-order valence-corrected chi connectivity index (χ3v) is 3.78. The first kappa shape index (κ1) is 23.0. The molecule has 0 aliphatic rings. The highest BCUT2D eigenvalue weighted by atomic mass is 127. The zero-order valence-electron chi connectivity index (χ0n) is 16.1. The predicted molar refractivity (Wildman–Crippen MR) is 123 cm³/mol. The number of benzene rings is 1. The van der Waals surface area contributed by atoms with Gasteiger partial charge in [0, 0.05) is 44.1 Å². The highest BCUT2D eigenvalue weighted by molar-refractivity contribution is 14.0. The standard InChI is InChI=1S/C20H29N5O.HI/c1-3-8-19(26)24-18-10-7-9-17(15-18)16-23-20(21-4-2)22-11-14-25-12-5-6-13-25;/h5-7,9-10,12-13,15H,3-4,8,11,14,16H2,1-2H3,(H,24,26)(H2,21,22,23);1H. The van der Waals surface area contributed by atoms with Gasteiger partial charge in [-0.2, -0.15) is 0 Å². The fourth-order valence-electron chi connectivity index (χ4n) is 2.53. The van der Waals surface area contributed by atoms with Gasteiger partial charge in [0.25, 0.3) is 0 Å². The number of carbonyl (C=O) groups is 1. The molecule has 0 fully saturated rings. The van der Waals surface area contributed by atoms with Gasteiger partial charge in [0.1, 0.15) is 0 Å². The predicted octanol–water partition coefficient (Wildman–Crippen LogP) is 3.60. The number of rotatable bonds is 9. The van der Waals surface area contributed by atoms with E-state index in [1.54, 1.807) is 0 Å². The van der Waals surface area contributed by atoms with Gasteiger partial charge < -0.3 is 20.5 Å². The Bertz CT molecular complexity index is 700. The van der Waals surface area contributed by atoms with Gasteiger partial charge >= 0.3 is 0 Å². The lowest BCUT2D eigenvalue weighted by Crippen LogP contribution is -2.38. The molecule has 0 aliphatic heterocycles. The summed E-state index contributed by atoms with van der Waals surface area (Å²) in [6.07, 6.45) is 5.48. The summed E-state index contributed by atoms with van der Waals surface area (Å²) in [5.41, 5.74) is 1.88. The van der Waals surface area contributed by atoms with Gasteiger partial charge in [-0.3, -0.25) is 4.79 Å². The summed E-state index contributed by atoms with van der Waals surface area (Å²) in [6, 6.07) is 11.9. The summed E-state index contributed by atoms with van der Waals surface area (Å²) < 4.78 is 2.12. The molecule has 2 rings (SSSR count). The maximum absolute atomic E-state index is 11.7. The molecule has 0 radical (unpaired) electrons. The van der Waals surface area contributed by atoms with E-state index in [9.17, 15) is 4.79 Å². The molecule has 1 aromatic carbocycles. The Labute approximate surface area is 178 Å². The van der Waals surface area contributed by atoms with Crippen LogP contribution >= 0.6 is 24.0 Å². The number of aromatic nitrogens is 1. The van der Waals surface area contributed by atoms with Crippen LogP contribution in [0, 0.1) is 0 Å². The fourth-order valence-corrected chi connectivity index (χ4v) is 2.53. The van der Waals surface area contributed by atoms with Crippen LogP contribution in [0.4, 0.5) is 5.69 Å². The lowest BCUT2D eigenvalue weighted by molar-refractivity contribution is -0.116. The summed E-state index contributed by atoms with van der Waals surface area (Å²) in [5.74, 6) is 0.841. The normalized spacial score (nSPS) is 10.8. The molecule has 1 heterocycles. The number of hydrogen-bond donors (Lipinski definition) is 3. The molecule has 1 aromatic heterocycles. The molecule has 2 aromatic rings. The first-order valence-corrected chi connectivity index (χ1v) is 9.23. The number of halogens is 1. The maximum atomic E-state index is 11.7. The van der Waals surface area contributed by atoms with Crippen LogP contribution in [0.3, 0.4) is 0 Å². The SMILES string of the molecule is CCCC(=O)Nc1cccc(CN=C(NCC)NCCn2cccc2)c1.I. The average Bonchev–Trinajstić information content (AvgIpc) is 3.13. The largest absolute Gasteiger partial charge is 0.357 e. The van der Waals surface area contributed by atoms with Gasteiger partial charge in [0.2, 0.25) is 5.91 Å². The van der Waals surface area contributed by atoms with E-state index in [0.717, 1.165) is 43.3 Å². The summed E-state index contributed by atoms with van der Waals surface area (Å²) in [4.78, 5) is 16.4. The van der Waals surface area contributed by atoms with Gasteiger partial charge in [-0.25, -0.2) is 4.99 Å². The van der Waals surface area contributed by atoms with E-state index < -0.39 is 0 Å². The molecule has 0 spiro atoms. The van der Waals surface area contributed by atoms with Crippen LogP contribution in [0.15, 0.2) is 53.8 Å². The second-order valence-corrected chi connectivity index (χ2v) is 6.04. The van der Waals surface area contributed by atoms with E-state index in [0.29, 0.717) is 13.0 Å². The number of aliphatic imine (C=N–C) groups is 1. The molecule has 0 saturated heterocycles. The Kier molecular flexibility index (Phi) is 11.2. The molecule has 0 saturated carbocycles. The first-order chi connectivity index (χ1) is 12.7. The molecule has 1 amide bonds. The van der Waals surface area contributed by atoms with Crippen molar-refractivity contribution in [2.45, 2.75) is 39.8 Å². The van der Waals surface area contributed by atoms with Crippen molar-refractivity contribution >= 4 is 41.5 Å². The molecule has 27 heavy (non-hydrogen) atoms. The molecule has 6 nitrogen and oxygen atoms in total. The van der Waals surface area contributed by atoms with Crippen LogP contribution in [-0.4, -0.2) is 29.5 Å². The first-order valence-electron chi connectivity index (χ1n) is 9.23. The number of guanidine groups is 1. The Balaban J connectivity index is 0.00000364. The van der Waals surface area contributed by atoms with Gasteiger partial charge in [-0.1, -0.05) is 19.1 Å². The minimum Gasteiger partial charge on any atom is -0.357 e. The number of amides is 1. The number of hydrogen-bond acceptors (Lipinski definition) is 2. The van der Waals surface area contributed by atoms with E-state index >= 15 is 0 Å². The minimum absolute atomic E-state index is 0. The number of carbonyl (C=O) groups excluding carboxylic acids is 1. The van der Waals surface area contributed by atoms with E-state index in [4.69, 9.17) is 0 Å². The minimum atomic E-state index is 0. The molecular weight excluding hydrogens is 453 g/mol. The van der Waals surface area contributed by atoms with E-state index in [1.807, 2.05) is 62.6 Å². The molecule has 0 aliphatic carbocycles. The van der Waals surface area contributed by atoms with E-state index in [1.165, 1.54) is 0 Å².